The third kappa shape index (κ3) is 5.13. The molecule has 0 unspecified atom stereocenters. The van der Waals surface area contributed by atoms with Gasteiger partial charge in [-0.2, -0.15) is 0 Å². The van der Waals surface area contributed by atoms with E-state index in [2.05, 4.69) is 5.16 Å². The van der Waals surface area contributed by atoms with Crippen molar-refractivity contribution in [1.29, 1.82) is 0 Å². The van der Waals surface area contributed by atoms with Gasteiger partial charge in [-0.25, -0.2) is 4.79 Å². The van der Waals surface area contributed by atoms with Crippen LogP contribution in [0.25, 0.3) is 11.0 Å². The van der Waals surface area contributed by atoms with Crippen molar-refractivity contribution in [3.05, 3.63) is 89.6 Å². The van der Waals surface area contributed by atoms with Crippen LogP contribution in [0.3, 0.4) is 0 Å². The van der Waals surface area contributed by atoms with Crippen molar-refractivity contribution < 1.29 is 28.3 Å². The molecular weight excluding hydrogens is 410 g/mol. The minimum atomic E-state index is -0.373. The highest BCUT2D eigenvalue weighted by Crippen LogP contribution is 2.25. The van der Waals surface area contributed by atoms with Crippen molar-refractivity contribution in [3.8, 4) is 11.5 Å². The Kier molecular flexibility index (Phi) is 6.46. The second-order valence-electron chi connectivity index (χ2n) is 6.96. The van der Waals surface area contributed by atoms with Crippen molar-refractivity contribution in [3.63, 3.8) is 0 Å². The van der Waals surface area contributed by atoms with Crippen LogP contribution < -0.4 is 9.47 Å². The summed E-state index contributed by atoms with van der Waals surface area (Å²) in [4.78, 5) is 23.9. The van der Waals surface area contributed by atoms with Crippen LogP contribution in [-0.4, -0.2) is 23.7 Å². The molecule has 0 bridgehead atoms. The molecule has 0 saturated carbocycles. The van der Waals surface area contributed by atoms with Gasteiger partial charge in [0.05, 0.1) is 18.6 Å². The first-order valence-electron chi connectivity index (χ1n) is 10.2. The summed E-state index contributed by atoms with van der Waals surface area (Å²) >= 11 is 0. The molecule has 0 aliphatic heterocycles. The SMILES string of the molecule is CCOC(=O)c1ccc(OCc2noc3cc(OC(=O)Cc4ccccc4)ccc23)cc1. The van der Waals surface area contributed by atoms with E-state index in [1.807, 2.05) is 30.3 Å². The van der Waals surface area contributed by atoms with Crippen LogP contribution in [0, 0.1) is 0 Å². The lowest BCUT2D eigenvalue weighted by molar-refractivity contribution is -0.133. The van der Waals surface area contributed by atoms with Gasteiger partial charge in [-0.1, -0.05) is 35.5 Å². The first-order valence-corrected chi connectivity index (χ1v) is 10.2. The van der Waals surface area contributed by atoms with Crippen LogP contribution in [0.2, 0.25) is 0 Å². The molecular formula is C25H21NO6. The number of ether oxygens (including phenoxy) is 3. The second kappa shape index (κ2) is 9.78. The number of carbonyl (C=O) groups is 2. The fourth-order valence-corrected chi connectivity index (χ4v) is 3.12. The van der Waals surface area contributed by atoms with Crippen LogP contribution in [0.15, 0.2) is 77.3 Å². The smallest absolute Gasteiger partial charge is 0.338 e. The molecule has 0 saturated heterocycles. The second-order valence-corrected chi connectivity index (χ2v) is 6.96. The van der Waals surface area contributed by atoms with Gasteiger partial charge in [-0.15, -0.1) is 0 Å². The van der Waals surface area contributed by atoms with E-state index in [1.165, 1.54) is 0 Å². The average Bonchev–Trinajstić information content (AvgIpc) is 3.21. The summed E-state index contributed by atoms with van der Waals surface area (Å²) in [5.74, 6) is 0.240. The summed E-state index contributed by atoms with van der Waals surface area (Å²) in [5.41, 5.74) is 2.44. The van der Waals surface area contributed by atoms with Gasteiger partial charge in [0.1, 0.15) is 23.8 Å². The highest BCUT2D eigenvalue weighted by atomic mass is 16.5. The Morgan fingerprint density at radius 1 is 0.938 bits per heavy atom. The Hall–Kier alpha value is -4.13. The molecule has 7 nitrogen and oxygen atoms in total. The van der Waals surface area contributed by atoms with Gasteiger partial charge in [0.15, 0.2) is 5.58 Å². The molecule has 0 fully saturated rings. The first-order chi connectivity index (χ1) is 15.6. The molecule has 162 valence electrons. The quantitative estimate of drug-likeness (QED) is 0.294. The molecule has 0 spiro atoms. The van der Waals surface area contributed by atoms with E-state index in [0.29, 0.717) is 34.9 Å². The number of aromatic nitrogens is 1. The number of hydrogen-bond donors (Lipinski definition) is 0. The minimum absolute atomic E-state index is 0.179. The maximum atomic E-state index is 12.2. The van der Waals surface area contributed by atoms with E-state index in [0.717, 1.165) is 10.9 Å². The number of fused-ring (bicyclic) bond motifs is 1. The molecule has 1 aromatic heterocycles. The van der Waals surface area contributed by atoms with Gasteiger partial charge in [0.2, 0.25) is 0 Å². The molecule has 0 radical (unpaired) electrons. The fourth-order valence-electron chi connectivity index (χ4n) is 3.12. The number of nitrogens with zero attached hydrogens (tertiary/aromatic N) is 1. The van der Waals surface area contributed by atoms with Gasteiger partial charge in [-0.05, 0) is 48.9 Å². The summed E-state index contributed by atoms with van der Waals surface area (Å²) in [6.45, 7) is 2.26. The lowest BCUT2D eigenvalue weighted by atomic mass is 10.1. The summed E-state index contributed by atoms with van der Waals surface area (Å²) in [7, 11) is 0. The van der Waals surface area contributed by atoms with Crippen LogP contribution >= 0.6 is 0 Å². The molecule has 1 heterocycles. The van der Waals surface area contributed by atoms with Gasteiger partial charge in [-0.3, -0.25) is 4.79 Å². The number of hydrogen-bond acceptors (Lipinski definition) is 7. The Bertz CT molecular complexity index is 1210. The Labute approximate surface area is 184 Å². The predicted molar refractivity (Wildman–Crippen MR) is 117 cm³/mol. The summed E-state index contributed by atoms with van der Waals surface area (Å²) < 4.78 is 21.5. The zero-order valence-electron chi connectivity index (χ0n) is 17.4. The van der Waals surface area contributed by atoms with E-state index in [1.54, 1.807) is 49.4 Å². The van der Waals surface area contributed by atoms with Crippen molar-refractivity contribution in [2.24, 2.45) is 0 Å². The number of carbonyl (C=O) groups excluding carboxylic acids is 2. The maximum Gasteiger partial charge on any atom is 0.338 e. The van der Waals surface area contributed by atoms with Crippen LogP contribution in [-0.2, 0) is 22.6 Å². The van der Waals surface area contributed by atoms with Gasteiger partial charge in [0, 0.05) is 11.5 Å². The molecule has 0 amide bonds. The summed E-state index contributed by atoms with van der Waals surface area (Å²) in [6.07, 6.45) is 0.184. The lowest BCUT2D eigenvalue weighted by Gasteiger charge is -2.06. The van der Waals surface area contributed by atoms with Crippen molar-refractivity contribution in [2.45, 2.75) is 20.0 Å². The zero-order chi connectivity index (χ0) is 22.3. The zero-order valence-corrected chi connectivity index (χ0v) is 17.4. The van der Waals surface area contributed by atoms with Gasteiger partial charge < -0.3 is 18.7 Å². The van der Waals surface area contributed by atoms with Crippen molar-refractivity contribution in [1.82, 2.24) is 5.16 Å². The molecule has 3 aromatic carbocycles. The molecule has 32 heavy (non-hydrogen) atoms. The van der Waals surface area contributed by atoms with Crippen LogP contribution in [0.4, 0.5) is 0 Å². The molecule has 0 N–H and O–H groups in total. The van der Waals surface area contributed by atoms with Crippen molar-refractivity contribution >= 4 is 22.9 Å². The number of benzene rings is 3. The van der Waals surface area contributed by atoms with E-state index in [9.17, 15) is 9.59 Å². The van der Waals surface area contributed by atoms with Gasteiger partial charge >= 0.3 is 11.9 Å². The van der Waals surface area contributed by atoms with E-state index >= 15 is 0 Å². The van der Waals surface area contributed by atoms with E-state index in [4.69, 9.17) is 18.7 Å². The predicted octanol–water partition coefficient (Wildman–Crippen LogP) is 4.73. The highest BCUT2D eigenvalue weighted by Gasteiger charge is 2.13. The topological polar surface area (TPSA) is 87.9 Å². The standard InChI is InChI=1S/C25H21NO6/c1-2-29-25(28)18-8-10-19(11-9-18)30-16-22-21-13-12-20(15-23(21)32-26-22)31-24(27)14-17-6-4-3-5-7-17/h3-13,15H,2,14,16H2,1H3. The number of esters is 2. The van der Waals surface area contributed by atoms with E-state index in [-0.39, 0.29) is 25.0 Å². The van der Waals surface area contributed by atoms with Crippen molar-refractivity contribution in [2.75, 3.05) is 6.61 Å². The minimum Gasteiger partial charge on any atom is -0.487 e. The Morgan fingerprint density at radius 3 is 2.44 bits per heavy atom. The van der Waals surface area contributed by atoms with Crippen LogP contribution in [0.5, 0.6) is 11.5 Å². The Morgan fingerprint density at radius 2 is 1.69 bits per heavy atom. The normalized spacial score (nSPS) is 10.7. The third-order valence-corrected chi connectivity index (χ3v) is 4.68. The molecule has 0 aliphatic carbocycles. The lowest BCUT2D eigenvalue weighted by Crippen LogP contribution is -2.11. The largest absolute Gasteiger partial charge is 0.487 e. The molecule has 7 heteroatoms. The third-order valence-electron chi connectivity index (χ3n) is 4.68. The molecule has 4 aromatic rings. The molecule has 0 aliphatic rings. The first kappa shape index (κ1) is 21.1. The molecule has 4 rings (SSSR count). The monoisotopic (exact) mass is 431 g/mol. The maximum absolute atomic E-state index is 12.2. The van der Waals surface area contributed by atoms with Gasteiger partial charge in [0.25, 0.3) is 0 Å². The fraction of sp³-hybridized carbons (Fsp3) is 0.160. The highest BCUT2D eigenvalue weighted by molar-refractivity contribution is 5.89. The summed E-state index contributed by atoms with van der Waals surface area (Å²) in [5, 5.41) is 4.81. The van der Waals surface area contributed by atoms with E-state index < -0.39 is 0 Å². The summed E-state index contributed by atoms with van der Waals surface area (Å²) in [6, 6.07) is 21.2. The molecule has 0 atom stereocenters. The average molecular weight is 431 g/mol. The van der Waals surface area contributed by atoms with Crippen LogP contribution in [0.1, 0.15) is 28.5 Å². The number of rotatable bonds is 8. The Balaban J connectivity index is 1.37.